The third kappa shape index (κ3) is 4.35. The number of anilines is 1. The highest BCUT2D eigenvalue weighted by Gasteiger charge is 2.32. The highest BCUT2D eigenvalue weighted by molar-refractivity contribution is 5.97. The maximum atomic E-state index is 13.1. The molecule has 1 amide bonds. The smallest absolute Gasteiger partial charge is 0.254 e. The van der Waals surface area contributed by atoms with E-state index in [-0.39, 0.29) is 5.91 Å². The van der Waals surface area contributed by atoms with E-state index in [2.05, 4.69) is 47.0 Å². The number of hydrogen-bond acceptors (Lipinski definition) is 6. The summed E-state index contributed by atoms with van der Waals surface area (Å²) in [4.78, 5) is 33.2. The van der Waals surface area contributed by atoms with Crippen molar-refractivity contribution in [1.29, 1.82) is 0 Å². The zero-order chi connectivity index (χ0) is 27.4. The van der Waals surface area contributed by atoms with Crippen LogP contribution in [0, 0.1) is 13.8 Å². The molecule has 0 spiro atoms. The molecule has 8 nitrogen and oxygen atoms in total. The lowest BCUT2D eigenvalue weighted by Crippen LogP contribution is -2.54. The van der Waals surface area contributed by atoms with E-state index in [1.807, 2.05) is 36.4 Å². The quantitative estimate of drug-likeness (QED) is 0.417. The van der Waals surface area contributed by atoms with Gasteiger partial charge in [-0.15, -0.1) is 0 Å². The molecule has 5 heterocycles. The number of amides is 1. The fourth-order valence-electron chi connectivity index (χ4n) is 6.73. The molecule has 1 N–H and O–H groups in total. The van der Waals surface area contributed by atoms with Crippen LogP contribution < -0.4 is 4.90 Å². The number of fused-ring (bicyclic) bond motifs is 4. The van der Waals surface area contributed by atoms with E-state index < -0.39 is 0 Å². The van der Waals surface area contributed by atoms with E-state index in [1.165, 1.54) is 23.2 Å². The second-order valence-corrected chi connectivity index (χ2v) is 11.5. The summed E-state index contributed by atoms with van der Waals surface area (Å²) in [6.45, 7) is 10.0. The molecule has 7 rings (SSSR count). The number of aromatic amines is 1. The number of aryl methyl sites for hydroxylation is 3. The first kappa shape index (κ1) is 25.2. The number of piperazine rings is 1. The van der Waals surface area contributed by atoms with E-state index in [4.69, 9.17) is 14.7 Å². The zero-order valence-electron chi connectivity index (χ0n) is 23.5. The van der Waals surface area contributed by atoms with Gasteiger partial charge >= 0.3 is 0 Å². The number of H-pyrrole nitrogens is 1. The summed E-state index contributed by atoms with van der Waals surface area (Å²) in [5.74, 6) is 0.0685. The first-order valence-corrected chi connectivity index (χ1v) is 14.4. The molecular weight excluding hydrogens is 500 g/mol. The summed E-state index contributed by atoms with van der Waals surface area (Å²) < 4.78 is 5.41. The first-order chi connectivity index (χ1) is 19.5. The number of morpholine rings is 1. The van der Waals surface area contributed by atoms with Crippen molar-refractivity contribution < 1.29 is 9.53 Å². The Kier molecular flexibility index (Phi) is 6.32. The Bertz CT molecular complexity index is 1600. The van der Waals surface area contributed by atoms with Crippen LogP contribution >= 0.6 is 0 Å². The van der Waals surface area contributed by atoms with Crippen LogP contribution in [-0.2, 0) is 11.2 Å². The molecular formula is C32H36N6O2. The van der Waals surface area contributed by atoms with E-state index in [9.17, 15) is 4.79 Å². The first-order valence-electron chi connectivity index (χ1n) is 14.4. The molecule has 2 aromatic heterocycles. The number of carbonyl (C=O) groups is 1. The van der Waals surface area contributed by atoms with E-state index in [1.54, 1.807) is 0 Å². The van der Waals surface area contributed by atoms with Crippen LogP contribution in [0.25, 0.3) is 33.5 Å². The lowest BCUT2D eigenvalue weighted by molar-refractivity contribution is 0.0302. The number of nitrogens with one attached hydrogen (secondary N) is 1. The molecule has 8 heteroatoms. The van der Waals surface area contributed by atoms with Crippen molar-refractivity contribution in [1.82, 2.24) is 24.8 Å². The summed E-state index contributed by atoms with van der Waals surface area (Å²) in [6.07, 6.45) is 6.13. The minimum absolute atomic E-state index is 0.0685. The fraction of sp³-hybridized carbons (Fsp3) is 0.406. The maximum absolute atomic E-state index is 13.1. The van der Waals surface area contributed by atoms with Crippen molar-refractivity contribution in [2.24, 2.45) is 0 Å². The highest BCUT2D eigenvalue weighted by atomic mass is 16.5. The molecule has 2 saturated heterocycles. The third-order valence-electron chi connectivity index (χ3n) is 8.84. The van der Waals surface area contributed by atoms with E-state index >= 15 is 0 Å². The number of nitrogens with zero attached hydrogens (tertiary/aromatic N) is 5. The Morgan fingerprint density at radius 2 is 1.85 bits per heavy atom. The van der Waals surface area contributed by atoms with Crippen LogP contribution in [0.2, 0.25) is 0 Å². The van der Waals surface area contributed by atoms with Crippen LogP contribution in [-0.4, -0.2) is 89.7 Å². The van der Waals surface area contributed by atoms with Gasteiger partial charge in [0.1, 0.15) is 5.52 Å². The van der Waals surface area contributed by atoms with Crippen LogP contribution in [0.3, 0.4) is 0 Å². The molecule has 0 saturated carbocycles. The number of benzene rings is 2. The van der Waals surface area contributed by atoms with Gasteiger partial charge in [-0.25, -0.2) is 9.97 Å². The Morgan fingerprint density at radius 3 is 2.67 bits per heavy atom. The number of ether oxygens (including phenoxy) is 1. The summed E-state index contributed by atoms with van der Waals surface area (Å²) in [6, 6.07) is 11.3. The van der Waals surface area contributed by atoms with Crippen molar-refractivity contribution in [3.63, 3.8) is 0 Å². The molecule has 3 aliphatic rings. The normalized spacial score (nSPS) is 19.5. The van der Waals surface area contributed by atoms with Crippen molar-refractivity contribution in [3.05, 3.63) is 65.0 Å². The van der Waals surface area contributed by atoms with E-state index in [0.29, 0.717) is 32.3 Å². The van der Waals surface area contributed by atoms with Crippen molar-refractivity contribution in [2.45, 2.75) is 32.7 Å². The Morgan fingerprint density at radius 1 is 1.02 bits per heavy atom. The summed E-state index contributed by atoms with van der Waals surface area (Å²) in [7, 11) is 2.23. The topological polar surface area (TPSA) is 77.6 Å². The number of aromatic nitrogens is 3. The molecule has 2 fully saturated rings. The summed E-state index contributed by atoms with van der Waals surface area (Å²) in [5.41, 5.74) is 11.5. The number of rotatable bonds is 3. The summed E-state index contributed by atoms with van der Waals surface area (Å²) in [5, 5.41) is 0. The molecule has 2 aromatic carbocycles. The van der Waals surface area contributed by atoms with Gasteiger partial charge < -0.3 is 24.4 Å². The van der Waals surface area contributed by atoms with Gasteiger partial charge in [-0.2, -0.15) is 0 Å². The molecule has 4 aromatic rings. The van der Waals surface area contributed by atoms with Gasteiger partial charge in [-0.1, -0.05) is 12.1 Å². The fourth-order valence-corrected chi connectivity index (χ4v) is 6.73. The SMILES string of the molecule is Cc1cc(-c2c[nH]c3ncc(-c4cc(C)c5c(c4)CC[C@H]4CN(C)CCN54)nc23)ccc1C(=O)N1CCOCC1. The Labute approximate surface area is 235 Å². The standard InChI is InChI=1S/C32H36N6O2/c1-20-14-22(5-7-26(20)32(39)37-10-12-40-13-11-37)27-17-33-31-29(27)35-28(18-34-31)24-15-21(2)30-23(16-24)4-6-25-19-36(3)8-9-38(25)30/h5,7,14-18,25H,4,6,8-13,19H2,1-3H3,(H,33,34)/t25-/m0/s1. The van der Waals surface area contributed by atoms with Crippen molar-refractivity contribution in [2.75, 3.05) is 57.9 Å². The molecule has 0 aliphatic carbocycles. The van der Waals surface area contributed by atoms with Gasteiger partial charge in [0.15, 0.2) is 5.65 Å². The van der Waals surface area contributed by atoms with Crippen molar-refractivity contribution >= 4 is 22.8 Å². The largest absolute Gasteiger partial charge is 0.378 e. The van der Waals surface area contributed by atoms with Crippen LogP contribution in [0.1, 0.15) is 33.5 Å². The van der Waals surface area contributed by atoms with Gasteiger partial charge in [-0.3, -0.25) is 4.79 Å². The molecule has 0 unspecified atom stereocenters. The molecule has 1 atom stereocenters. The van der Waals surface area contributed by atoms with Crippen LogP contribution in [0.4, 0.5) is 5.69 Å². The number of likely N-dealkylation sites (N-methyl/N-ethyl adjacent to an activating group) is 1. The predicted molar refractivity (Wildman–Crippen MR) is 158 cm³/mol. The maximum Gasteiger partial charge on any atom is 0.254 e. The van der Waals surface area contributed by atoms with Crippen molar-refractivity contribution in [3.8, 4) is 22.4 Å². The molecule has 0 bridgehead atoms. The number of hydrogen-bond donors (Lipinski definition) is 1. The lowest BCUT2D eigenvalue weighted by Gasteiger charge is -2.46. The van der Waals surface area contributed by atoms with Gasteiger partial charge in [-0.05, 0) is 74.2 Å². The number of carbonyl (C=O) groups excluding carboxylic acids is 1. The predicted octanol–water partition coefficient (Wildman–Crippen LogP) is 4.45. The van der Waals surface area contributed by atoms with Gasteiger partial charge in [0, 0.05) is 67.3 Å². The molecule has 3 aliphatic heterocycles. The molecule has 206 valence electrons. The van der Waals surface area contributed by atoms with Crippen LogP contribution in [0.5, 0.6) is 0 Å². The third-order valence-corrected chi connectivity index (χ3v) is 8.84. The highest BCUT2D eigenvalue weighted by Crippen LogP contribution is 2.38. The van der Waals surface area contributed by atoms with Crippen LogP contribution in [0.15, 0.2) is 42.7 Å². The molecule has 0 radical (unpaired) electrons. The second kappa shape index (κ2) is 10.0. The average molecular weight is 537 g/mol. The molecule has 40 heavy (non-hydrogen) atoms. The minimum atomic E-state index is 0.0685. The monoisotopic (exact) mass is 536 g/mol. The average Bonchev–Trinajstić information content (AvgIpc) is 3.40. The lowest BCUT2D eigenvalue weighted by atomic mass is 9.89. The van der Waals surface area contributed by atoms with Gasteiger partial charge in [0.25, 0.3) is 5.91 Å². The second-order valence-electron chi connectivity index (χ2n) is 11.5. The summed E-state index contributed by atoms with van der Waals surface area (Å²) >= 11 is 0. The zero-order valence-corrected chi connectivity index (χ0v) is 23.5. The minimum Gasteiger partial charge on any atom is -0.378 e. The van der Waals surface area contributed by atoms with Gasteiger partial charge in [0.05, 0.1) is 25.1 Å². The Balaban J connectivity index is 1.21. The Hall–Kier alpha value is -3.75. The van der Waals surface area contributed by atoms with Gasteiger partial charge in [0.2, 0.25) is 0 Å². The van der Waals surface area contributed by atoms with E-state index in [0.717, 1.165) is 70.7 Å².